The number of rotatable bonds is 7. The Balaban J connectivity index is 1.44. The number of aromatic amines is 1. The number of hydrogen-bond donors (Lipinski definition) is 3. The van der Waals surface area contributed by atoms with Gasteiger partial charge < -0.3 is 15.4 Å². The summed E-state index contributed by atoms with van der Waals surface area (Å²) in [6, 6.07) is 17.8. The third-order valence-electron chi connectivity index (χ3n) is 4.87. The van der Waals surface area contributed by atoms with E-state index in [1.54, 1.807) is 11.8 Å². The highest BCUT2D eigenvalue weighted by molar-refractivity contribution is 8.01. The van der Waals surface area contributed by atoms with Gasteiger partial charge in [-0.25, -0.2) is 0 Å². The number of aliphatic hydroxyl groups excluding tert-OH is 1. The number of benzene rings is 2. The molecule has 4 nitrogen and oxygen atoms in total. The molecule has 0 aliphatic heterocycles. The number of aromatic nitrogens is 1. The zero-order valence-electron chi connectivity index (χ0n) is 14.4. The van der Waals surface area contributed by atoms with Gasteiger partial charge in [0.1, 0.15) is 0 Å². The SMILES string of the molecule is O=C(N[C@H](CO)Cc1c[nH]c2ccccc12)C1(Sc2ccccc2)CC1. The second-order valence-electron chi connectivity index (χ2n) is 6.83. The smallest absolute Gasteiger partial charge is 0.236 e. The molecule has 2 aromatic carbocycles. The van der Waals surface area contributed by atoms with Crippen LogP contribution >= 0.6 is 11.8 Å². The summed E-state index contributed by atoms with van der Waals surface area (Å²) >= 11 is 1.63. The first-order chi connectivity index (χ1) is 12.7. The molecule has 26 heavy (non-hydrogen) atoms. The lowest BCUT2D eigenvalue weighted by molar-refractivity contribution is -0.122. The Bertz CT molecular complexity index is 903. The summed E-state index contributed by atoms with van der Waals surface area (Å²) < 4.78 is -0.380. The predicted octanol–water partition coefficient (Wildman–Crippen LogP) is 3.51. The van der Waals surface area contributed by atoms with Crippen molar-refractivity contribution in [2.24, 2.45) is 0 Å². The first-order valence-corrected chi connectivity index (χ1v) is 9.73. The van der Waals surface area contributed by atoms with Crippen LogP contribution in [0.15, 0.2) is 65.7 Å². The predicted molar refractivity (Wildman–Crippen MR) is 105 cm³/mol. The van der Waals surface area contributed by atoms with Crippen molar-refractivity contribution in [3.05, 3.63) is 66.4 Å². The van der Waals surface area contributed by atoms with Crippen molar-refractivity contribution in [3.8, 4) is 0 Å². The van der Waals surface area contributed by atoms with Gasteiger partial charge in [-0.05, 0) is 43.0 Å². The van der Waals surface area contributed by atoms with Crippen LogP contribution < -0.4 is 5.32 Å². The third-order valence-corrected chi connectivity index (χ3v) is 6.36. The first kappa shape index (κ1) is 17.2. The normalized spacial score (nSPS) is 16.3. The number of thioether (sulfide) groups is 1. The molecule has 1 saturated carbocycles. The van der Waals surface area contributed by atoms with Crippen LogP contribution in [-0.4, -0.2) is 33.4 Å². The minimum Gasteiger partial charge on any atom is -0.394 e. The Hall–Kier alpha value is -2.24. The van der Waals surface area contributed by atoms with Gasteiger partial charge in [-0.2, -0.15) is 0 Å². The molecular weight excluding hydrogens is 344 g/mol. The highest BCUT2D eigenvalue weighted by Gasteiger charge is 2.51. The van der Waals surface area contributed by atoms with Gasteiger partial charge in [0.2, 0.25) is 5.91 Å². The van der Waals surface area contributed by atoms with Crippen molar-refractivity contribution in [2.75, 3.05) is 6.61 Å². The van der Waals surface area contributed by atoms with E-state index in [2.05, 4.69) is 16.4 Å². The summed E-state index contributed by atoms with van der Waals surface area (Å²) in [6.45, 7) is -0.0721. The van der Waals surface area contributed by atoms with E-state index in [1.165, 1.54) is 0 Å². The van der Waals surface area contributed by atoms with E-state index in [4.69, 9.17) is 0 Å². The zero-order chi connectivity index (χ0) is 18.0. The van der Waals surface area contributed by atoms with Gasteiger partial charge in [0.05, 0.1) is 17.4 Å². The maximum absolute atomic E-state index is 12.8. The highest BCUT2D eigenvalue weighted by Crippen LogP contribution is 2.51. The Morgan fingerprint density at radius 3 is 2.62 bits per heavy atom. The minimum absolute atomic E-state index is 0.0326. The number of H-pyrrole nitrogens is 1. The molecule has 0 unspecified atom stereocenters. The lowest BCUT2D eigenvalue weighted by Crippen LogP contribution is -2.44. The largest absolute Gasteiger partial charge is 0.394 e. The fourth-order valence-corrected chi connectivity index (χ4v) is 4.45. The van der Waals surface area contributed by atoms with Crippen LogP contribution in [0.1, 0.15) is 18.4 Å². The molecule has 1 atom stereocenters. The Labute approximate surface area is 157 Å². The molecule has 1 aliphatic rings. The summed E-state index contributed by atoms with van der Waals surface area (Å²) in [5.74, 6) is 0.0326. The van der Waals surface area contributed by atoms with E-state index < -0.39 is 0 Å². The number of para-hydroxylation sites is 1. The summed E-state index contributed by atoms with van der Waals surface area (Å²) in [5.41, 5.74) is 2.18. The maximum atomic E-state index is 12.8. The number of fused-ring (bicyclic) bond motifs is 1. The van der Waals surface area contributed by atoms with Crippen molar-refractivity contribution in [2.45, 2.75) is 34.9 Å². The summed E-state index contributed by atoms with van der Waals surface area (Å²) in [4.78, 5) is 17.2. The fourth-order valence-electron chi connectivity index (χ4n) is 3.25. The van der Waals surface area contributed by atoms with Gasteiger partial charge in [0.15, 0.2) is 0 Å². The molecule has 0 bridgehead atoms. The summed E-state index contributed by atoms with van der Waals surface area (Å²) in [6.07, 6.45) is 4.33. The highest BCUT2D eigenvalue weighted by atomic mass is 32.2. The first-order valence-electron chi connectivity index (χ1n) is 8.91. The molecule has 0 saturated heterocycles. The molecule has 1 aliphatic carbocycles. The lowest BCUT2D eigenvalue weighted by atomic mass is 10.1. The average molecular weight is 366 g/mol. The lowest BCUT2D eigenvalue weighted by Gasteiger charge is -2.21. The topological polar surface area (TPSA) is 65.1 Å². The van der Waals surface area contributed by atoms with E-state index in [1.807, 2.05) is 54.7 Å². The molecule has 1 aromatic heterocycles. The van der Waals surface area contributed by atoms with Crippen LogP contribution in [-0.2, 0) is 11.2 Å². The van der Waals surface area contributed by atoms with Gasteiger partial charge in [-0.15, -0.1) is 11.8 Å². The summed E-state index contributed by atoms with van der Waals surface area (Å²) in [7, 11) is 0. The van der Waals surface area contributed by atoms with Crippen LogP contribution in [0, 0.1) is 0 Å². The molecular formula is C21H22N2O2S. The van der Waals surface area contributed by atoms with Crippen LogP contribution in [0.2, 0.25) is 0 Å². The van der Waals surface area contributed by atoms with Gasteiger partial charge in [0, 0.05) is 22.0 Å². The van der Waals surface area contributed by atoms with E-state index >= 15 is 0 Å². The van der Waals surface area contributed by atoms with Crippen LogP contribution in [0.4, 0.5) is 0 Å². The molecule has 1 amide bonds. The number of carbonyl (C=O) groups excluding carboxylic acids is 1. The van der Waals surface area contributed by atoms with Crippen molar-refractivity contribution in [3.63, 3.8) is 0 Å². The third kappa shape index (κ3) is 3.50. The molecule has 3 aromatic rings. The standard InChI is InChI=1S/C21H22N2O2S/c24-14-16(12-15-13-22-19-9-5-4-8-18(15)19)23-20(25)21(10-11-21)26-17-6-2-1-3-7-17/h1-9,13,16,22,24H,10-12,14H2,(H,23,25)/t16-/m0/s1. The molecule has 0 radical (unpaired) electrons. The van der Waals surface area contributed by atoms with Crippen molar-refractivity contribution in [1.29, 1.82) is 0 Å². The number of nitrogens with one attached hydrogen (secondary N) is 2. The summed E-state index contributed by atoms with van der Waals surface area (Å²) in [5, 5.41) is 14.0. The number of carbonyl (C=O) groups is 1. The number of aliphatic hydroxyl groups is 1. The van der Waals surface area contributed by atoms with Crippen LogP contribution in [0.25, 0.3) is 10.9 Å². The Kier molecular flexibility index (Phi) is 4.74. The maximum Gasteiger partial charge on any atom is 0.236 e. The Morgan fingerprint density at radius 1 is 1.15 bits per heavy atom. The van der Waals surface area contributed by atoms with Crippen molar-refractivity contribution < 1.29 is 9.90 Å². The van der Waals surface area contributed by atoms with E-state index in [9.17, 15) is 9.90 Å². The minimum atomic E-state index is -0.380. The number of amides is 1. The quantitative estimate of drug-likeness (QED) is 0.599. The van der Waals surface area contributed by atoms with Gasteiger partial charge in [-0.3, -0.25) is 4.79 Å². The van der Waals surface area contributed by atoms with Crippen LogP contribution in [0.3, 0.4) is 0 Å². The monoisotopic (exact) mass is 366 g/mol. The van der Waals surface area contributed by atoms with Gasteiger partial charge in [-0.1, -0.05) is 36.4 Å². The van der Waals surface area contributed by atoms with Crippen molar-refractivity contribution in [1.82, 2.24) is 10.3 Å². The molecule has 1 fully saturated rings. The second-order valence-corrected chi connectivity index (χ2v) is 8.28. The van der Waals surface area contributed by atoms with Gasteiger partial charge >= 0.3 is 0 Å². The Morgan fingerprint density at radius 2 is 1.88 bits per heavy atom. The average Bonchev–Trinajstić information content (AvgIpc) is 3.35. The second kappa shape index (κ2) is 7.17. The van der Waals surface area contributed by atoms with Crippen LogP contribution in [0.5, 0.6) is 0 Å². The molecule has 4 rings (SSSR count). The molecule has 5 heteroatoms. The molecule has 3 N–H and O–H groups in total. The fraction of sp³-hybridized carbons (Fsp3) is 0.286. The van der Waals surface area contributed by atoms with E-state index in [0.29, 0.717) is 6.42 Å². The number of hydrogen-bond acceptors (Lipinski definition) is 3. The van der Waals surface area contributed by atoms with Gasteiger partial charge in [0.25, 0.3) is 0 Å². The van der Waals surface area contributed by atoms with E-state index in [0.717, 1.165) is 34.2 Å². The van der Waals surface area contributed by atoms with E-state index in [-0.39, 0.29) is 23.3 Å². The molecule has 134 valence electrons. The molecule has 1 heterocycles. The van der Waals surface area contributed by atoms with Crippen molar-refractivity contribution >= 4 is 28.6 Å². The molecule has 0 spiro atoms. The zero-order valence-corrected chi connectivity index (χ0v) is 15.3.